The van der Waals surface area contributed by atoms with Crippen molar-refractivity contribution in [1.82, 2.24) is 5.32 Å². The summed E-state index contributed by atoms with van der Waals surface area (Å²) in [6.45, 7) is 0. The number of thioether (sulfide) groups is 1. The molecule has 0 bridgehead atoms. The second-order valence-corrected chi connectivity index (χ2v) is 4.19. The first kappa shape index (κ1) is 10.8. The SMILES string of the molecule is COc1ccccc1/C=C1\SC(=N)NC1=O. The Bertz CT molecular complexity index is 483. The van der Waals surface area contributed by atoms with Gasteiger partial charge in [0, 0.05) is 5.56 Å². The number of para-hydroxylation sites is 1. The lowest BCUT2D eigenvalue weighted by Gasteiger charge is -2.03. The van der Waals surface area contributed by atoms with Gasteiger partial charge >= 0.3 is 0 Å². The summed E-state index contributed by atoms with van der Waals surface area (Å²) in [6, 6.07) is 7.43. The standard InChI is InChI=1S/C11H10N2O2S/c1-15-8-5-3-2-4-7(8)6-9-10(14)13-11(12)16-9/h2-6H,1H3,(H2,12,13,14)/b9-6-. The molecule has 0 aromatic heterocycles. The molecule has 0 aliphatic carbocycles. The first-order valence-corrected chi connectivity index (χ1v) is 5.45. The van der Waals surface area contributed by atoms with Crippen LogP contribution in [0.2, 0.25) is 0 Å². The van der Waals surface area contributed by atoms with Crippen LogP contribution >= 0.6 is 11.8 Å². The third kappa shape index (κ3) is 2.09. The Hall–Kier alpha value is -1.75. The zero-order valence-electron chi connectivity index (χ0n) is 8.61. The average molecular weight is 234 g/mol. The van der Waals surface area contributed by atoms with Gasteiger partial charge in [-0.25, -0.2) is 0 Å². The number of carbonyl (C=O) groups is 1. The summed E-state index contributed by atoms with van der Waals surface area (Å²) in [5.41, 5.74) is 0.831. The Morgan fingerprint density at radius 2 is 2.19 bits per heavy atom. The van der Waals surface area contributed by atoms with E-state index in [1.54, 1.807) is 13.2 Å². The van der Waals surface area contributed by atoms with Crippen molar-refractivity contribution in [3.05, 3.63) is 34.7 Å². The molecule has 1 saturated heterocycles. The van der Waals surface area contributed by atoms with Crippen LogP contribution in [-0.2, 0) is 4.79 Å². The van der Waals surface area contributed by atoms with E-state index in [1.165, 1.54) is 0 Å². The van der Waals surface area contributed by atoms with Gasteiger partial charge in [-0.2, -0.15) is 0 Å². The monoisotopic (exact) mass is 234 g/mol. The summed E-state index contributed by atoms with van der Waals surface area (Å²) in [6.07, 6.45) is 1.72. The molecule has 0 radical (unpaired) electrons. The largest absolute Gasteiger partial charge is 0.496 e. The van der Waals surface area contributed by atoms with E-state index in [-0.39, 0.29) is 11.1 Å². The van der Waals surface area contributed by atoms with E-state index >= 15 is 0 Å². The summed E-state index contributed by atoms with van der Waals surface area (Å²) >= 11 is 1.12. The molecule has 2 rings (SSSR count). The number of amidine groups is 1. The van der Waals surface area contributed by atoms with Crippen molar-refractivity contribution >= 4 is 28.9 Å². The zero-order valence-corrected chi connectivity index (χ0v) is 9.43. The lowest BCUT2D eigenvalue weighted by Crippen LogP contribution is -2.18. The molecular weight excluding hydrogens is 224 g/mol. The molecule has 1 amide bonds. The molecule has 0 atom stereocenters. The van der Waals surface area contributed by atoms with Gasteiger partial charge in [-0.1, -0.05) is 18.2 Å². The number of carbonyl (C=O) groups excluding carboxylic acids is 1. The van der Waals surface area contributed by atoms with E-state index in [0.717, 1.165) is 17.3 Å². The van der Waals surface area contributed by atoms with Gasteiger partial charge in [0.2, 0.25) is 0 Å². The lowest BCUT2D eigenvalue weighted by atomic mass is 10.2. The highest BCUT2D eigenvalue weighted by Gasteiger charge is 2.22. The van der Waals surface area contributed by atoms with Crippen LogP contribution in [0.4, 0.5) is 0 Å². The molecule has 2 N–H and O–H groups in total. The van der Waals surface area contributed by atoms with Crippen molar-refractivity contribution < 1.29 is 9.53 Å². The topological polar surface area (TPSA) is 62.2 Å². The summed E-state index contributed by atoms with van der Waals surface area (Å²) in [5.74, 6) is 0.475. The molecule has 0 saturated carbocycles. The number of methoxy groups -OCH3 is 1. The first-order chi connectivity index (χ1) is 7.70. The first-order valence-electron chi connectivity index (χ1n) is 4.63. The number of nitrogens with one attached hydrogen (secondary N) is 2. The minimum absolute atomic E-state index is 0.158. The van der Waals surface area contributed by atoms with Gasteiger partial charge in [-0.3, -0.25) is 10.2 Å². The Labute approximate surface area is 97.2 Å². The maximum atomic E-state index is 11.4. The third-order valence-electron chi connectivity index (χ3n) is 2.09. The van der Waals surface area contributed by atoms with Crippen LogP contribution in [-0.4, -0.2) is 18.2 Å². The van der Waals surface area contributed by atoms with Gasteiger partial charge in [-0.15, -0.1) is 0 Å². The van der Waals surface area contributed by atoms with Crippen LogP contribution < -0.4 is 10.1 Å². The van der Waals surface area contributed by atoms with Crippen LogP contribution in [0.5, 0.6) is 5.75 Å². The fraction of sp³-hybridized carbons (Fsp3) is 0.0909. The van der Waals surface area contributed by atoms with E-state index in [0.29, 0.717) is 10.7 Å². The highest BCUT2D eigenvalue weighted by Crippen LogP contribution is 2.28. The fourth-order valence-electron chi connectivity index (χ4n) is 1.37. The molecule has 0 unspecified atom stereocenters. The van der Waals surface area contributed by atoms with Crippen LogP contribution in [0.3, 0.4) is 0 Å². The van der Waals surface area contributed by atoms with Crippen molar-refractivity contribution in [3.63, 3.8) is 0 Å². The minimum Gasteiger partial charge on any atom is -0.496 e. The second-order valence-electron chi connectivity index (χ2n) is 3.14. The Kier molecular flexibility index (Phi) is 2.96. The second kappa shape index (κ2) is 4.40. The summed E-state index contributed by atoms with van der Waals surface area (Å²) in [5, 5.41) is 9.91. The van der Waals surface area contributed by atoms with Crippen LogP contribution in [0.25, 0.3) is 6.08 Å². The van der Waals surface area contributed by atoms with E-state index in [1.807, 2.05) is 24.3 Å². The van der Waals surface area contributed by atoms with Gasteiger partial charge in [0.1, 0.15) is 5.75 Å². The van der Waals surface area contributed by atoms with Gasteiger partial charge in [0.15, 0.2) is 5.17 Å². The van der Waals surface area contributed by atoms with E-state index < -0.39 is 0 Å². The fourth-order valence-corrected chi connectivity index (χ4v) is 2.06. The van der Waals surface area contributed by atoms with Crippen molar-refractivity contribution in [1.29, 1.82) is 5.41 Å². The average Bonchev–Trinajstić information content (AvgIpc) is 2.58. The summed E-state index contributed by atoms with van der Waals surface area (Å²) < 4.78 is 5.18. The van der Waals surface area contributed by atoms with Crippen molar-refractivity contribution in [2.45, 2.75) is 0 Å². The summed E-state index contributed by atoms with van der Waals surface area (Å²) in [4.78, 5) is 11.9. The molecule has 82 valence electrons. The van der Waals surface area contributed by atoms with Crippen molar-refractivity contribution in [2.75, 3.05) is 7.11 Å². The number of ether oxygens (including phenoxy) is 1. The van der Waals surface area contributed by atoms with Crippen LogP contribution in [0.15, 0.2) is 29.2 Å². The number of amides is 1. The summed E-state index contributed by atoms with van der Waals surface area (Å²) in [7, 11) is 1.58. The lowest BCUT2D eigenvalue weighted by molar-refractivity contribution is -0.115. The van der Waals surface area contributed by atoms with Gasteiger partial charge < -0.3 is 10.1 Å². The van der Waals surface area contributed by atoms with Gasteiger partial charge in [0.25, 0.3) is 5.91 Å². The normalized spacial score (nSPS) is 17.7. The molecular formula is C11H10N2O2S. The van der Waals surface area contributed by atoms with Crippen molar-refractivity contribution in [2.24, 2.45) is 0 Å². The predicted molar refractivity (Wildman–Crippen MR) is 64.4 cm³/mol. The number of hydrogen-bond donors (Lipinski definition) is 2. The van der Waals surface area contributed by atoms with Crippen LogP contribution in [0, 0.1) is 5.41 Å². The van der Waals surface area contributed by atoms with E-state index in [9.17, 15) is 4.79 Å². The third-order valence-corrected chi connectivity index (χ3v) is 2.92. The molecule has 1 aromatic carbocycles. The smallest absolute Gasteiger partial charge is 0.264 e. The zero-order chi connectivity index (χ0) is 11.5. The number of rotatable bonds is 2. The molecule has 0 spiro atoms. The van der Waals surface area contributed by atoms with E-state index in [2.05, 4.69) is 5.32 Å². The predicted octanol–water partition coefficient (Wildman–Crippen LogP) is 1.83. The quantitative estimate of drug-likeness (QED) is 0.767. The molecule has 1 heterocycles. The molecule has 1 aromatic rings. The Morgan fingerprint density at radius 1 is 1.44 bits per heavy atom. The molecule has 4 nitrogen and oxygen atoms in total. The number of hydrogen-bond acceptors (Lipinski definition) is 4. The Morgan fingerprint density at radius 3 is 2.81 bits per heavy atom. The molecule has 1 fully saturated rings. The van der Waals surface area contributed by atoms with Gasteiger partial charge in [-0.05, 0) is 23.9 Å². The van der Waals surface area contributed by atoms with Crippen LogP contribution in [0.1, 0.15) is 5.56 Å². The van der Waals surface area contributed by atoms with Crippen molar-refractivity contribution in [3.8, 4) is 5.75 Å². The maximum absolute atomic E-state index is 11.4. The Balaban J connectivity index is 2.36. The highest BCUT2D eigenvalue weighted by atomic mass is 32.2. The highest BCUT2D eigenvalue weighted by molar-refractivity contribution is 8.18. The number of benzene rings is 1. The molecule has 1 aliphatic heterocycles. The van der Waals surface area contributed by atoms with E-state index in [4.69, 9.17) is 10.1 Å². The minimum atomic E-state index is -0.235. The molecule has 16 heavy (non-hydrogen) atoms. The van der Waals surface area contributed by atoms with Gasteiger partial charge in [0.05, 0.1) is 12.0 Å². The molecule has 1 aliphatic rings. The molecule has 5 heteroatoms. The maximum Gasteiger partial charge on any atom is 0.264 e.